The Morgan fingerprint density at radius 2 is 1.79 bits per heavy atom. The van der Waals surface area contributed by atoms with Crippen molar-refractivity contribution < 1.29 is 13.9 Å². The molecule has 0 saturated heterocycles. The molecule has 4 N–H and O–H groups in total. The molecule has 0 aromatic heterocycles. The number of carbonyl (C=O) groups is 1. The van der Waals surface area contributed by atoms with Crippen LogP contribution in [0.15, 0.2) is 29.2 Å². The fraction of sp³-hybridized carbons (Fsp3) is 0.462. The number of carbonyl (C=O) groups excluding carboxylic acids is 1. The average molecular weight is 286 g/mol. The fourth-order valence-electron chi connectivity index (χ4n) is 1.56. The summed E-state index contributed by atoms with van der Waals surface area (Å²) in [6.07, 6.45) is 0. The highest BCUT2D eigenvalue weighted by Gasteiger charge is 2.14. The molecule has 19 heavy (non-hydrogen) atoms. The molecule has 1 amide bonds. The minimum Gasteiger partial charge on any atom is -0.355 e. The largest absolute Gasteiger partial charge is 0.355 e. The molecule has 1 aromatic rings. The van der Waals surface area contributed by atoms with Gasteiger partial charge in [0.25, 0.3) is 0 Å². The van der Waals surface area contributed by atoms with Crippen molar-refractivity contribution in [3.63, 3.8) is 0 Å². The number of hydrogen-bond acceptors (Lipinski definition) is 4. The number of benzene rings is 1. The second kappa shape index (κ2) is 6.91. The van der Waals surface area contributed by atoms with Gasteiger partial charge >= 0.3 is 0 Å². The first-order chi connectivity index (χ1) is 8.83. The van der Waals surface area contributed by atoms with Gasteiger partial charge in [0, 0.05) is 20.0 Å². The molecule has 0 bridgehead atoms. The molecular formula is C13H22N2O3S. The lowest BCUT2D eigenvalue weighted by Gasteiger charge is -2.33. The van der Waals surface area contributed by atoms with Gasteiger partial charge < -0.3 is 5.32 Å². The van der Waals surface area contributed by atoms with E-state index >= 15 is 0 Å². The van der Waals surface area contributed by atoms with Crippen LogP contribution in [0.3, 0.4) is 0 Å². The van der Waals surface area contributed by atoms with E-state index in [4.69, 9.17) is 0 Å². The van der Waals surface area contributed by atoms with Crippen molar-refractivity contribution in [3.8, 4) is 0 Å². The van der Waals surface area contributed by atoms with Gasteiger partial charge in [-0.2, -0.15) is 0 Å². The highest BCUT2D eigenvalue weighted by atomic mass is 32.3. The number of nitrogens with one attached hydrogen (secondary N) is 2. The van der Waals surface area contributed by atoms with Crippen LogP contribution in [-0.2, 0) is 4.79 Å². The molecule has 0 spiro atoms. The van der Waals surface area contributed by atoms with Crippen LogP contribution in [0, 0.1) is 0 Å². The second-order valence-corrected chi connectivity index (χ2v) is 6.51. The Bertz CT molecular complexity index is 418. The highest BCUT2D eigenvalue weighted by molar-refractivity contribution is 8.22. The van der Waals surface area contributed by atoms with Gasteiger partial charge in [-0.1, -0.05) is 26.0 Å². The molecule has 1 rings (SSSR count). The molecule has 6 heteroatoms. The molecular weight excluding hydrogens is 264 g/mol. The van der Waals surface area contributed by atoms with Crippen LogP contribution >= 0.6 is 10.8 Å². The number of rotatable bonds is 6. The van der Waals surface area contributed by atoms with Gasteiger partial charge in [0.05, 0.1) is 4.90 Å². The standard InChI is InChI=1S/C13H22N2O3S/c1-10(2)12-4-6-13(7-5-12)19(17,18)15-9-8-14-11(3)16/h4-7,10,15,17-18H,8-9H2,1-3H3,(H,14,16). The molecule has 0 aliphatic heterocycles. The van der Waals surface area contributed by atoms with Crippen LogP contribution < -0.4 is 10.0 Å². The summed E-state index contributed by atoms with van der Waals surface area (Å²) in [5.41, 5.74) is 1.15. The normalized spacial score (nSPS) is 12.5. The SMILES string of the molecule is CC(=O)NCCNS(O)(O)c1ccc(C(C)C)cc1. The van der Waals surface area contributed by atoms with Crippen LogP contribution in [0.25, 0.3) is 0 Å². The predicted molar refractivity (Wildman–Crippen MR) is 78.3 cm³/mol. The summed E-state index contributed by atoms with van der Waals surface area (Å²) < 4.78 is 22.7. The van der Waals surface area contributed by atoms with Gasteiger partial charge in [-0.25, -0.2) is 4.72 Å². The van der Waals surface area contributed by atoms with Crippen molar-refractivity contribution in [2.75, 3.05) is 13.1 Å². The molecule has 0 atom stereocenters. The Morgan fingerprint density at radius 1 is 1.21 bits per heavy atom. The maximum atomic E-state index is 10.7. The predicted octanol–water partition coefficient (Wildman–Crippen LogP) is 2.56. The molecule has 0 fully saturated rings. The van der Waals surface area contributed by atoms with Gasteiger partial charge in [0.2, 0.25) is 5.91 Å². The van der Waals surface area contributed by atoms with E-state index in [0.29, 0.717) is 23.9 Å². The average Bonchev–Trinajstić information content (AvgIpc) is 2.34. The van der Waals surface area contributed by atoms with Crippen molar-refractivity contribution in [3.05, 3.63) is 29.8 Å². The van der Waals surface area contributed by atoms with Crippen LogP contribution in [0.2, 0.25) is 0 Å². The summed E-state index contributed by atoms with van der Waals surface area (Å²) in [4.78, 5) is 11.1. The van der Waals surface area contributed by atoms with Crippen molar-refractivity contribution >= 4 is 16.7 Å². The Kier molecular flexibility index (Phi) is 5.81. The summed E-state index contributed by atoms with van der Waals surface area (Å²) in [6.45, 7) is 6.24. The van der Waals surface area contributed by atoms with Crippen molar-refractivity contribution in [1.82, 2.24) is 10.0 Å². The van der Waals surface area contributed by atoms with Gasteiger partial charge in [-0.15, -0.1) is 10.8 Å². The van der Waals surface area contributed by atoms with E-state index in [9.17, 15) is 13.9 Å². The monoisotopic (exact) mass is 286 g/mol. The lowest BCUT2D eigenvalue weighted by atomic mass is 10.0. The third kappa shape index (κ3) is 5.20. The minimum atomic E-state index is -3.00. The van der Waals surface area contributed by atoms with Gasteiger partial charge in [0.15, 0.2) is 0 Å². The first kappa shape index (κ1) is 16.0. The van der Waals surface area contributed by atoms with Crippen LogP contribution in [0.5, 0.6) is 0 Å². The maximum Gasteiger partial charge on any atom is 0.216 e. The first-order valence-electron chi connectivity index (χ1n) is 6.20. The van der Waals surface area contributed by atoms with E-state index in [1.54, 1.807) is 12.1 Å². The summed E-state index contributed by atoms with van der Waals surface area (Å²) in [6, 6.07) is 7.22. The molecule has 0 heterocycles. The molecule has 0 radical (unpaired) electrons. The number of hydrogen-bond donors (Lipinski definition) is 4. The topological polar surface area (TPSA) is 81.6 Å². The molecule has 1 aromatic carbocycles. The van der Waals surface area contributed by atoms with Crippen molar-refractivity contribution in [2.45, 2.75) is 31.6 Å². The Morgan fingerprint density at radius 3 is 2.26 bits per heavy atom. The quantitative estimate of drug-likeness (QED) is 0.606. The number of amides is 1. The second-order valence-electron chi connectivity index (χ2n) is 4.65. The van der Waals surface area contributed by atoms with Crippen LogP contribution in [-0.4, -0.2) is 28.1 Å². The van der Waals surface area contributed by atoms with Crippen molar-refractivity contribution in [1.29, 1.82) is 0 Å². The van der Waals surface area contributed by atoms with E-state index in [2.05, 4.69) is 23.9 Å². The van der Waals surface area contributed by atoms with Gasteiger partial charge in [0.1, 0.15) is 0 Å². The van der Waals surface area contributed by atoms with Crippen molar-refractivity contribution in [2.24, 2.45) is 0 Å². The summed E-state index contributed by atoms with van der Waals surface area (Å²) in [7, 11) is -3.00. The smallest absolute Gasteiger partial charge is 0.216 e. The first-order valence-corrected chi connectivity index (χ1v) is 7.75. The zero-order valence-electron chi connectivity index (χ0n) is 11.5. The molecule has 0 aliphatic carbocycles. The van der Waals surface area contributed by atoms with E-state index in [1.807, 2.05) is 12.1 Å². The van der Waals surface area contributed by atoms with Crippen LogP contribution in [0.1, 0.15) is 32.3 Å². The lowest BCUT2D eigenvalue weighted by molar-refractivity contribution is -0.118. The minimum absolute atomic E-state index is 0.139. The maximum absolute atomic E-state index is 10.7. The van der Waals surface area contributed by atoms with E-state index in [1.165, 1.54) is 6.92 Å². The molecule has 0 unspecified atom stereocenters. The highest BCUT2D eigenvalue weighted by Crippen LogP contribution is 2.43. The van der Waals surface area contributed by atoms with E-state index in [-0.39, 0.29) is 5.91 Å². The summed E-state index contributed by atoms with van der Waals surface area (Å²) >= 11 is 0. The molecule has 0 saturated carbocycles. The third-order valence-corrected chi connectivity index (χ3v) is 4.21. The van der Waals surface area contributed by atoms with Gasteiger partial charge in [-0.05, 0) is 23.6 Å². The lowest BCUT2D eigenvalue weighted by Crippen LogP contribution is -2.31. The van der Waals surface area contributed by atoms with Crippen LogP contribution in [0.4, 0.5) is 0 Å². The summed E-state index contributed by atoms with van der Waals surface area (Å²) in [5, 5.41) is 2.58. The van der Waals surface area contributed by atoms with E-state index < -0.39 is 10.8 Å². The zero-order valence-corrected chi connectivity index (χ0v) is 12.3. The fourth-order valence-corrected chi connectivity index (χ4v) is 2.63. The summed E-state index contributed by atoms with van der Waals surface area (Å²) in [5.74, 6) is 0.267. The molecule has 0 aliphatic rings. The zero-order chi connectivity index (χ0) is 14.5. The Balaban J connectivity index is 2.58. The van der Waals surface area contributed by atoms with E-state index in [0.717, 1.165) is 5.56 Å². The van der Waals surface area contributed by atoms with Gasteiger partial charge in [-0.3, -0.25) is 13.9 Å². The molecule has 108 valence electrons. The third-order valence-electron chi connectivity index (χ3n) is 2.68. The molecule has 5 nitrogen and oxygen atoms in total. The Labute approximate surface area is 115 Å². The Hall–Kier alpha value is -1.08.